The van der Waals surface area contributed by atoms with Gasteiger partial charge in [-0.3, -0.25) is 4.90 Å². The Labute approximate surface area is 116 Å². The van der Waals surface area contributed by atoms with Crippen LogP contribution in [0, 0.1) is 0 Å². The van der Waals surface area contributed by atoms with Gasteiger partial charge in [-0.2, -0.15) is 0 Å². The first-order valence-electron chi connectivity index (χ1n) is 5.86. The first-order valence-corrected chi connectivity index (χ1v) is 8.48. The summed E-state index contributed by atoms with van der Waals surface area (Å²) in [6, 6.07) is 7.70. The van der Waals surface area contributed by atoms with Gasteiger partial charge in [-0.25, -0.2) is 8.42 Å². The normalized spacial score (nSPS) is 19.6. The predicted octanol–water partition coefficient (Wildman–Crippen LogP) is 1.56. The zero-order valence-electron chi connectivity index (χ0n) is 10.0. The second kappa shape index (κ2) is 6.04. The number of halogens is 1. The van der Waals surface area contributed by atoms with Crippen molar-refractivity contribution in [1.29, 1.82) is 0 Å². The third-order valence-electron chi connectivity index (χ3n) is 2.91. The summed E-state index contributed by atoms with van der Waals surface area (Å²) in [5, 5.41) is 0. The van der Waals surface area contributed by atoms with Crippen molar-refractivity contribution in [2.75, 3.05) is 37.7 Å². The van der Waals surface area contributed by atoms with Crippen molar-refractivity contribution in [3.8, 4) is 5.75 Å². The summed E-state index contributed by atoms with van der Waals surface area (Å²) < 4.78 is 29.1. The van der Waals surface area contributed by atoms with E-state index in [4.69, 9.17) is 4.74 Å². The van der Waals surface area contributed by atoms with E-state index in [1.54, 1.807) is 0 Å². The Morgan fingerprint density at radius 1 is 1.28 bits per heavy atom. The van der Waals surface area contributed by atoms with Crippen molar-refractivity contribution in [3.63, 3.8) is 0 Å². The van der Waals surface area contributed by atoms with Gasteiger partial charge in [-0.05, 0) is 18.2 Å². The molecule has 0 radical (unpaired) electrons. The lowest BCUT2D eigenvalue weighted by molar-refractivity contribution is 0.219. The molecule has 1 aromatic rings. The van der Waals surface area contributed by atoms with Gasteiger partial charge in [0, 0.05) is 24.1 Å². The minimum Gasteiger partial charge on any atom is -0.492 e. The second-order valence-electron chi connectivity index (χ2n) is 4.30. The third-order valence-corrected chi connectivity index (χ3v) is 5.01. The molecule has 0 aliphatic carbocycles. The highest BCUT2D eigenvalue weighted by atomic mass is 79.9. The van der Waals surface area contributed by atoms with Crippen LogP contribution in [0.25, 0.3) is 0 Å². The van der Waals surface area contributed by atoms with Gasteiger partial charge in [0.2, 0.25) is 0 Å². The van der Waals surface area contributed by atoms with Gasteiger partial charge < -0.3 is 4.74 Å². The Bertz CT molecular complexity index is 490. The molecule has 100 valence electrons. The van der Waals surface area contributed by atoms with Crippen LogP contribution < -0.4 is 4.74 Å². The number of benzene rings is 1. The monoisotopic (exact) mass is 333 g/mol. The fourth-order valence-electron chi connectivity index (χ4n) is 1.82. The molecule has 4 nitrogen and oxygen atoms in total. The molecule has 0 atom stereocenters. The van der Waals surface area contributed by atoms with Crippen LogP contribution in [0.4, 0.5) is 0 Å². The first kappa shape index (κ1) is 13.8. The maximum Gasteiger partial charge on any atom is 0.152 e. The van der Waals surface area contributed by atoms with E-state index in [1.807, 2.05) is 24.3 Å². The third kappa shape index (κ3) is 4.26. The number of ether oxygens (including phenoxy) is 1. The Kier molecular flexibility index (Phi) is 4.64. The predicted molar refractivity (Wildman–Crippen MR) is 74.7 cm³/mol. The largest absolute Gasteiger partial charge is 0.492 e. The maximum absolute atomic E-state index is 11.3. The zero-order chi connectivity index (χ0) is 13.0. The molecule has 1 fully saturated rings. The fraction of sp³-hybridized carbons (Fsp3) is 0.500. The maximum atomic E-state index is 11.3. The summed E-state index contributed by atoms with van der Waals surface area (Å²) in [5.41, 5.74) is 0. The molecule has 0 N–H and O–H groups in total. The summed E-state index contributed by atoms with van der Waals surface area (Å²) >= 11 is 3.39. The van der Waals surface area contributed by atoms with Gasteiger partial charge in [-0.1, -0.05) is 22.0 Å². The summed E-state index contributed by atoms with van der Waals surface area (Å²) in [5.74, 6) is 1.36. The van der Waals surface area contributed by atoms with E-state index < -0.39 is 9.84 Å². The summed E-state index contributed by atoms with van der Waals surface area (Å²) in [6.45, 7) is 2.58. The Hall–Kier alpha value is -0.590. The van der Waals surface area contributed by atoms with Crippen LogP contribution in [0.2, 0.25) is 0 Å². The average molecular weight is 334 g/mol. The van der Waals surface area contributed by atoms with E-state index >= 15 is 0 Å². The number of nitrogens with zero attached hydrogens (tertiary/aromatic N) is 1. The van der Waals surface area contributed by atoms with Crippen molar-refractivity contribution in [2.45, 2.75) is 0 Å². The molecule has 1 heterocycles. The van der Waals surface area contributed by atoms with Gasteiger partial charge in [0.25, 0.3) is 0 Å². The molecule has 1 aromatic carbocycles. The lowest BCUT2D eigenvalue weighted by atomic mass is 10.3. The molecular formula is C12H16BrNO3S. The van der Waals surface area contributed by atoms with Crippen LogP contribution >= 0.6 is 15.9 Å². The van der Waals surface area contributed by atoms with Crippen molar-refractivity contribution in [2.24, 2.45) is 0 Å². The molecule has 18 heavy (non-hydrogen) atoms. The van der Waals surface area contributed by atoms with Crippen LogP contribution in [0.15, 0.2) is 28.7 Å². The molecular weight excluding hydrogens is 318 g/mol. The molecule has 0 unspecified atom stereocenters. The Balaban J connectivity index is 1.73. The number of hydrogen-bond acceptors (Lipinski definition) is 4. The van der Waals surface area contributed by atoms with E-state index in [1.165, 1.54) is 0 Å². The zero-order valence-corrected chi connectivity index (χ0v) is 12.4. The van der Waals surface area contributed by atoms with E-state index in [0.717, 1.165) is 16.8 Å². The lowest BCUT2D eigenvalue weighted by Crippen LogP contribution is -2.42. The lowest BCUT2D eigenvalue weighted by Gasteiger charge is -2.26. The van der Waals surface area contributed by atoms with Gasteiger partial charge >= 0.3 is 0 Å². The summed E-state index contributed by atoms with van der Waals surface area (Å²) in [6.07, 6.45) is 0. The molecule has 2 rings (SSSR count). The number of hydrogen-bond donors (Lipinski definition) is 0. The van der Waals surface area contributed by atoms with E-state index in [2.05, 4.69) is 20.8 Å². The highest BCUT2D eigenvalue weighted by Gasteiger charge is 2.20. The molecule has 0 saturated carbocycles. The fourth-order valence-corrected chi connectivity index (χ4v) is 3.48. The molecule has 1 saturated heterocycles. The standard InChI is InChI=1S/C12H16BrNO3S/c13-11-2-1-3-12(10-11)17-7-4-14-5-8-18(15,16)9-6-14/h1-3,10H,4-9H2. The van der Waals surface area contributed by atoms with Crippen molar-refractivity contribution >= 4 is 25.8 Å². The Morgan fingerprint density at radius 2 is 2.00 bits per heavy atom. The van der Waals surface area contributed by atoms with Gasteiger partial charge in [0.1, 0.15) is 12.4 Å². The molecule has 6 heteroatoms. The smallest absolute Gasteiger partial charge is 0.152 e. The summed E-state index contributed by atoms with van der Waals surface area (Å²) in [7, 11) is -2.79. The van der Waals surface area contributed by atoms with Gasteiger partial charge in [0.05, 0.1) is 11.5 Å². The second-order valence-corrected chi connectivity index (χ2v) is 7.52. The van der Waals surface area contributed by atoms with Crippen molar-refractivity contribution in [1.82, 2.24) is 4.90 Å². The minimum atomic E-state index is -2.79. The average Bonchev–Trinajstić information content (AvgIpc) is 2.31. The SMILES string of the molecule is O=S1(=O)CCN(CCOc2cccc(Br)c2)CC1. The van der Waals surface area contributed by atoms with E-state index in [9.17, 15) is 8.42 Å². The highest BCUT2D eigenvalue weighted by Crippen LogP contribution is 2.17. The quantitative estimate of drug-likeness (QED) is 0.838. The number of sulfone groups is 1. The topological polar surface area (TPSA) is 46.6 Å². The van der Waals surface area contributed by atoms with Crippen molar-refractivity contribution in [3.05, 3.63) is 28.7 Å². The van der Waals surface area contributed by atoms with Crippen LogP contribution in [-0.2, 0) is 9.84 Å². The van der Waals surface area contributed by atoms with E-state index in [0.29, 0.717) is 19.7 Å². The van der Waals surface area contributed by atoms with Crippen LogP contribution in [0.1, 0.15) is 0 Å². The van der Waals surface area contributed by atoms with Crippen LogP contribution in [-0.4, -0.2) is 51.1 Å². The summed E-state index contributed by atoms with van der Waals surface area (Å²) in [4.78, 5) is 2.12. The minimum absolute atomic E-state index is 0.268. The highest BCUT2D eigenvalue weighted by molar-refractivity contribution is 9.10. The number of rotatable bonds is 4. The molecule has 0 bridgehead atoms. The molecule has 0 amide bonds. The first-order chi connectivity index (χ1) is 8.55. The Morgan fingerprint density at radius 3 is 2.67 bits per heavy atom. The van der Waals surface area contributed by atoms with Crippen molar-refractivity contribution < 1.29 is 13.2 Å². The van der Waals surface area contributed by atoms with Gasteiger partial charge in [-0.15, -0.1) is 0 Å². The molecule has 0 aromatic heterocycles. The van der Waals surface area contributed by atoms with Crippen LogP contribution in [0.5, 0.6) is 5.75 Å². The van der Waals surface area contributed by atoms with Gasteiger partial charge in [0.15, 0.2) is 9.84 Å². The van der Waals surface area contributed by atoms with E-state index in [-0.39, 0.29) is 11.5 Å². The molecule has 0 spiro atoms. The molecule has 1 aliphatic rings. The van der Waals surface area contributed by atoms with Crippen LogP contribution in [0.3, 0.4) is 0 Å². The molecule has 1 aliphatic heterocycles.